The number of rotatable bonds is 3. The lowest BCUT2D eigenvalue weighted by atomic mass is 10.1. The minimum absolute atomic E-state index is 0.322. The molecule has 1 unspecified atom stereocenters. The van der Waals surface area contributed by atoms with Gasteiger partial charge in [0, 0.05) is 24.8 Å². The Bertz CT molecular complexity index is 883. The number of piperidine rings is 1. The largest absolute Gasteiger partial charge is 0.391 e. The number of pyridine rings is 1. The van der Waals surface area contributed by atoms with Crippen molar-refractivity contribution in [1.82, 2.24) is 15.1 Å². The standard InChI is InChI=1S/C18H17FN4O2/c19-13-5-1-4-12(10-13)16-21-18(25-22-16)15-7-2-8-20-17(15)23-9-3-6-14(24)11-23/h1-2,4-5,7-8,10,14,24H,3,6,9,11H2. The van der Waals surface area contributed by atoms with Gasteiger partial charge in [0.05, 0.1) is 11.7 Å². The van der Waals surface area contributed by atoms with E-state index in [0.29, 0.717) is 35.2 Å². The van der Waals surface area contributed by atoms with Gasteiger partial charge in [0.25, 0.3) is 5.89 Å². The molecular formula is C18H17FN4O2. The summed E-state index contributed by atoms with van der Waals surface area (Å²) in [4.78, 5) is 10.9. The summed E-state index contributed by atoms with van der Waals surface area (Å²) in [6.07, 6.45) is 3.02. The molecule has 1 saturated heterocycles. The van der Waals surface area contributed by atoms with Crippen LogP contribution in [0.2, 0.25) is 0 Å². The van der Waals surface area contributed by atoms with Crippen molar-refractivity contribution in [3.05, 3.63) is 48.4 Å². The number of β-amino-alcohol motifs (C(OH)–C–C–N with tert-alkyl or cyclic N) is 1. The summed E-state index contributed by atoms with van der Waals surface area (Å²) >= 11 is 0. The van der Waals surface area contributed by atoms with Gasteiger partial charge in [-0.05, 0) is 37.1 Å². The first-order valence-corrected chi connectivity index (χ1v) is 8.19. The lowest BCUT2D eigenvalue weighted by Crippen LogP contribution is -2.39. The highest BCUT2D eigenvalue weighted by atomic mass is 19.1. The minimum atomic E-state index is -0.367. The molecule has 1 atom stereocenters. The monoisotopic (exact) mass is 340 g/mol. The van der Waals surface area contributed by atoms with Gasteiger partial charge in [0.15, 0.2) is 0 Å². The summed E-state index contributed by atoms with van der Waals surface area (Å²) in [6, 6.07) is 9.71. The fraction of sp³-hybridized carbons (Fsp3) is 0.278. The van der Waals surface area contributed by atoms with Crippen molar-refractivity contribution in [2.45, 2.75) is 18.9 Å². The lowest BCUT2D eigenvalue weighted by molar-refractivity contribution is 0.154. The Balaban J connectivity index is 1.69. The molecule has 0 aliphatic carbocycles. The van der Waals surface area contributed by atoms with Crippen molar-refractivity contribution < 1.29 is 14.0 Å². The van der Waals surface area contributed by atoms with Crippen LogP contribution in [0.3, 0.4) is 0 Å². The van der Waals surface area contributed by atoms with Crippen LogP contribution in [0.25, 0.3) is 22.8 Å². The molecule has 3 aromatic rings. The smallest absolute Gasteiger partial charge is 0.261 e. The lowest BCUT2D eigenvalue weighted by Gasteiger charge is -2.31. The van der Waals surface area contributed by atoms with E-state index in [-0.39, 0.29) is 11.9 Å². The SMILES string of the molecule is OC1CCCN(c2ncccc2-c2nc(-c3cccc(F)c3)no2)C1. The maximum absolute atomic E-state index is 13.4. The predicted molar refractivity (Wildman–Crippen MR) is 90.4 cm³/mol. The molecule has 4 rings (SSSR count). The second-order valence-electron chi connectivity index (χ2n) is 6.05. The van der Waals surface area contributed by atoms with E-state index in [9.17, 15) is 9.50 Å². The molecule has 3 heterocycles. The van der Waals surface area contributed by atoms with Gasteiger partial charge in [-0.2, -0.15) is 4.98 Å². The highest BCUT2D eigenvalue weighted by Gasteiger charge is 2.23. The molecule has 2 aromatic heterocycles. The molecule has 7 heteroatoms. The topological polar surface area (TPSA) is 75.3 Å². The summed E-state index contributed by atoms with van der Waals surface area (Å²) in [5.41, 5.74) is 1.25. The first kappa shape index (κ1) is 15.7. The third-order valence-corrected chi connectivity index (χ3v) is 4.22. The number of nitrogens with zero attached hydrogens (tertiary/aromatic N) is 4. The summed E-state index contributed by atoms with van der Waals surface area (Å²) in [5, 5.41) is 13.9. The zero-order valence-corrected chi connectivity index (χ0v) is 13.5. The minimum Gasteiger partial charge on any atom is -0.391 e. The Hall–Kier alpha value is -2.80. The van der Waals surface area contributed by atoms with E-state index in [1.807, 2.05) is 11.0 Å². The van der Waals surface area contributed by atoms with Crippen LogP contribution < -0.4 is 4.90 Å². The summed E-state index contributed by atoms with van der Waals surface area (Å²) in [6.45, 7) is 1.33. The average Bonchev–Trinajstić information content (AvgIpc) is 3.12. The average molecular weight is 340 g/mol. The molecule has 0 radical (unpaired) electrons. The van der Waals surface area contributed by atoms with Gasteiger partial charge in [-0.3, -0.25) is 0 Å². The number of aliphatic hydroxyl groups is 1. The van der Waals surface area contributed by atoms with Crippen molar-refractivity contribution in [3.8, 4) is 22.8 Å². The molecule has 25 heavy (non-hydrogen) atoms. The zero-order valence-electron chi connectivity index (χ0n) is 13.5. The second-order valence-corrected chi connectivity index (χ2v) is 6.05. The Kier molecular flexibility index (Phi) is 4.15. The van der Waals surface area contributed by atoms with Gasteiger partial charge in [0.1, 0.15) is 11.6 Å². The Morgan fingerprint density at radius 1 is 1.24 bits per heavy atom. The fourth-order valence-electron chi connectivity index (χ4n) is 3.04. The van der Waals surface area contributed by atoms with E-state index < -0.39 is 0 Å². The summed E-state index contributed by atoms with van der Waals surface area (Å²) < 4.78 is 18.8. The highest BCUT2D eigenvalue weighted by molar-refractivity contribution is 5.71. The molecule has 1 fully saturated rings. The number of benzene rings is 1. The van der Waals surface area contributed by atoms with Gasteiger partial charge >= 0.3 is 0 Å². The Morgan fingerprint density at radius 3 is 3.00 bits per heavy atom. The molecule has 1 aliphatic heterocycles. The van der Waals surface area contributed by atoms with Gasteiger partial charge in [-0.25, -0.2) is 9.37 Å². The van der Waals surface area contributed by atoms with Crippen LogP contribution in [0.15, 0.2) is 47.1 Å². The summed E-state index contributed by atoms with van der Waals surface area (Å²) in [7, 11) is 0. The maximum atomic E-state index is 13.4. The van der Waals surface area contributed by atoms with E-state index in [1.54, 1.807) is 24.4 Å². The first-order chi connectivity index (χ1) is 12.2. The molecule has 0 saturated carbocycles. The van der Waals surface area contributed by atoms with Crippen LogP contribution in [-0.2, 0) is 0 Å². The number of aromatic nitrogens is 3. The molecule has 6 nitrogen and oxygen atoms in total. The molecule has 128 valence electrons. The van der Waals surface area contributed by atoms with E-state index >= 15 is 0 Å². The van der Waals surface area contributed by atoms with E-state index in [1.165, 1.54) is 12.1 Å². The van der Waals surface area contributed by atoms with Gasteiger partial charge in [-0.15, -0.1) is 0 Å². The number of hydrogen-bond donors (Lipinski definition) is 1. The molecule has 0 bridgehead atoms. The van der Waals surface area contributed by atoms with E-state index in [0.717, 1.165) is 19.4 Å². The number of hydrogen-bond acceptors (Lipinski definition) is 6. The Labute approximate surface area is 143 Å². The highest BCUT2D eigenvalue weighted by Crippen LogP contribution is 2.30. The number of aliphatic hydroxyl groups excluding tert-OH is 1. The van der Waals surface area contributed by atoms with Crippen LogP contribution in [0.5, 0.6) is 0 Å². The normalized spacial score (nSPS) is 17.7. The zero-order chi connectivity index (χ0) is 17.2. The van der Waals surface area contributed by atoms with Crippen LogP contribution >= 0.6 is 0 Å². The van der Waals surface area contributed by atoms with Crippen molar-refractivity contribution in [2.24, 2.45) is 0 Å². The number of halogens is 1. The molecule has 0 spiro atoms. The molecule has 1 aliphatic rings. The van der Waals surface area contributed by atoms with E-state index in [4.69, 9.17) is 4.52 Å². The first-order valence-electron chi connectivity index (χ1n) is 8.19. The third kappa shape index (κ3) is 3.23. The summed E-state index contributed by atoms with van der Waals surface area (Å²) in [5.74, 6) is 0.995. The molecule has 1 aromatic carbocycles. The van der Waals surface area contributed by atoms with E-state index in [2.05, 4.69) is 15.1 Å². The quantitative estimate of drug-likeness (QED) is 0.790. The van der Waals surface area contributed by atoms with Crippen LogP contribution in [0, 0.1) is 5.82 Å². The third-order valence-electron chi connectivity index (χ3n) is 4.22. The second kappa shape index (κ2) is 6.60. The van der Waals surface area contributed by atoms with Gasteiger partial charge in [-0.1, -0.05) is 17.3 Å². The molecule has 1 N–H and O–H groups in total. The van der Waals surface area contributed by atoms with Crippen molar-refractivity contribution in [2.75, 3.05) is 18.0 Å². The van der Waals surface area contributed by atoms with Gasteiger partial charge in [0.2, 0.25) is 5.82 Å². The number of anilines is 1. The van der Waals surface area contributed by atoms with Crippen molar-refractivity contribution >= 4 is 5.82 Å². The van der Waals surface area contributed by atoms with Crippen LogP contribution in [-0.4, -0.2) is 39.4 Å². The molecule has 0 amide bonds. The Morgan fingerprint density at radius 2 is 2.16 bits per heavy atom. The van der Waals surface area contributed by atoms with Gasteiger partial charge < -0.3 is 14.5 Å². The van der Waals surface area contributed by atoms with Crippen LogP contribution in [0.1, 0.15) is 12.8 Å². The molecular weight excluding hydrogens is 323 g/mol. The predicted octanol–water partition coefficient (Wildman–Crippen LogP) is 2.90. The van der Waals surface area contributed by atoms with Crippen molar-refractivity contribution in [3.63, 3.8) is 0 Å². The van der Waals surface area contributed by atoms with Crippen LogP contribution in [0.4, 0.5) is 10.2 Å². The fourth-order valence-corrected chi connectivity index (χ4v) is 3.04. The maximum Gasteiger partial charge on any atom is 0.261 e. The van der Waals surface area contributed by atoms with Crippen molar-refractivity contribution in [1.29, 1.82) is 0 Å².